The van der Waals surface area contributed by atoms with Crippen LogP contribution in [0.5, 0.6) is 0 Å². The second kappa shape index (κ2) is 7.97. The largest absolute Gasteiger partial charge is 0.478 e. The molecule has 0 saturated carbocycles. The number of hydrogen-bond donors (Lipinski definition) is 3. The van der Waals surface area contributed by atoms with Crippen molar-refractivity contribution in [2.75, 3.05) is 0 Å². The molecule has 27 heavy (non-hydrogen) atoms. The van der Waals surface area contributed by atoms with Crippen LogP contribution in [0.4, 0.5) is 0 Å². The van der Waals surface area contributed by atoms with Crippen LogP contribution >= 0.6 is 0 Å². The quantitative estimate of drug-likeness (QED) is 0.586. The topological polar surface area (TPSA) is 109 Å². The van der Waals surface area contributed by atoms with Crippen molar-refractivity contribution < 1.29 is 14.7 Å². The number of rotatable bonds is 6. The van der Waals surface area contributed by atoms with E-state index in [4.69, 9.17) is 10.8 Å². The monoisotopic (exact) mass is 359 g/mol. The Morgan fingerprint density at radius 1 is 0.889 bits per heavy atom. The fourth-order valence-electron chi connectivity index (χ4n) is 2.59. The van der Waals surface area contributed by atoms with Gasteiger partial charge in [-0.05, 0) is 23.3 Å². The molecule has 0 atom stereocenters. The van der Waals surface area contributed by atoms with E-state index in [1.807, 2.05) is 48.5 Å². The van der Waals surface area contributed by atoms with Gasteiger partial charge in [0, 0.05) is 23.3 Å². The third-order valence-electron chi connectivity index (χ3n) is 3.88. The van der Waals surface area contributed by atoms with Gasteiger partial charge in [-0.25, -0.2) is 9.78 Å². The number of imidazole rings is 1. The number of carboxylic acids is 1. The van der Waals surface area contributed by atoms with Gasteiger partial charge in [-0.2, -0.15) is 0 Å². The number of hydrogen-bond acceptors (Lipinski definition) is 3. The van der Waals surface area contributed by atoms with Gasteiger partial charge in [-0.3, -0.25) is 4.79 Å². The van der Waals surface area contributed by atoms with Gasteiger partial charge in [-0.15, -0.1) is 0 Å². The Bertz CT molecular complexity index is 932. The van der Waals surface area contributed by atoms with Gasteiger partial charge >= 0.3 is 5.97 Å². The molecule has 6 heteroatoms. The van der Waals surface area contributed by atoms with E-state index in [-0.39, 0.29) is 0 Å². The summed E-state index contributed by atoms with van der Waals surface area (Å²) in [5, 5.41) is 8.70. The highest BCUT2D eigenvalue weighted by Crippen LogP contribution is 2.29. The van der Waals surface area contributed by atoms with Crippen molar-refractivity contribution in [2.45, 2.75) is 0 Å². The van der Waals surface area contributed by atoms with Crippen LogP contribution in [0.2, 0.25) is 0 Å². The van der Waals surface area contributed by atoms with Crippen molar-refractivity contribution in [3.05, 3.63) is 78.1 Å². The number of primary amides is 1. The number of carboxylic acid groups (broad SMARTS) is 1. The Balaban J connectivity index is 1.85. The molecule has 1 heterocycles. The first-order chi connectivity index (χ1) is 13.0. The zero-order chi connectivity index (χ0) is 19.2. The Morgan fingerprint density at radius 3 is 2.00 bits per heavy atom. The maximum absolute atomic E-state index is 10.8. The summed E-state index contributed by atoms with van der Waals surface area (Å²) in [6.07, 6.45) is 7.24. The molecule has 1 amide bonds. The molecule has 0 radical (unpaired) electrons. The molecule has 0 unspecified atom stereocenters. The standard InChI is InChI=1S/C21H17N3O3/c22-18(25)11-5-14-1-7-16(8-2-14)20-21(24-13-23-20)17-9-3-15(4-10-17)6-12-19(26)27/h1-13H,(H2,22,25)(H,23,24)(H,26,27)/b11-5+,12-6+. The summed E-state index contributed by atoms with van der Waals surface area (Å²) in [5.41, 5.74) is 10.3. The molecule has 6 nitrogen and oxygen atoms in total. The normalized spacial score (nSPS) is 11.3. The first-order valence-corrected chi connectivity index (χ1v) is 8.16. The molecule has 2 aromatic carbocycles. The molecule has 0 aliphatic carbocycles. The van der Waals surface area contributed by atoms with Crippen LogP contribution in [0, 0.1) is 0 Å². The average Bonchev–Trinajstić information content (AvgIpc) is 3.15. The van der Waals surface area contributed by atoms with E-state index in [0.717, 1.165) is 39.7 Å². The molecular weight excluding hydrogens is 342 g/mol. The van der Waals surface area contributed by atoms with Gasteiger partial charge in [0.05, 0.1) is 17.7 Å². The number of aliphatic carboxylic acids is 1. The van der Waals surface area contributed by atoms with Gasteiger partial charge in [0.2, 0.25) is 5.91 Å². The van der Waals surface area contributed by atoms with E-state index >= 15 is 0 Å². The highest BCUT2D eigenvalue weighted by molar-refractivity contribution is 5.90. The highest BCUT2D eigenvalue weighted by atomic mass is 16.4. The summed E-state index contributed by atoms with van der Waals surface area (Å²) >= 11 is 0. The number of carbonyl (C=O) groups excluding carboxylic acids is 1. The Morgan fingerprint density at radius 2 is 1.44 bits per heavy atom. The maximum atomic E-state index is 10.8. The molecule has 134 valence electrons. The van der Waals surface area contributed by atoms with Crippen LogP contribution in [-0.2, 0) is 9.59 Å². The van der Waals surface area contributed by atoms with Crippen molar-refractivity contribution in [1.29, 1.82) is 0 Å². The van der Waals surface area contributed by atoms with Gasteiger partial charge in [0.25, 0.3) is 0 Å². The molecule has 0 spiro atoms. The molecule has 0 aliphatic rings. The van der Waals surface area contributed by atoms with E-state index in [1.54, 1.807) is 12.4 Å². The lowest BCUT2D eigenvalue weighted by molar-refractivity contribution is -0.131. The lowest BCUT2D eigenvalue weighted by atomic mass is 10.0. The summed E-state index contributed by atoms with van der Waals surface area (Å²) in [6, 6.07) is 15.1. The number of H-pyrrole nitrogens is 1. The minimum absolute atomic E-state index is 0.490. The van der Waals surface area contributed by atoms with E-state index in [2.05, 4.69) is 9.97 Å². The lowest BCUT2D eigenvalue weighted by Crippen LogP contribution is -2.04. The van der Waals surface area contributed by atoms with Crippen LogP contribution in [0.15, 0.2) is 67.0 Å². The fraction of sp³-hybridized carbons (Fsp3) is 0. The molecule has 0 fully saturated rings. The molecule has 4 N–H and O–H groups in total. The van der Waals surface area contributed by atoms with E-state index in [0.29, 0.717) is 0 Å². The minimum atomic E-state index is -0.982. The summed E-state index contributed by atoms with van der Waals surface area (Å²) in [6.45, 7) is 0. The van der Waals surface area contributed by atoms with Gasteiger partial charge in [0.15, 0.2) is 0 Å². The number of benzene rings is 2. The van der Waals surface area contributed by atoms with Crippen LogP contribution in [0.1, 0.15) is 11.1 Å². The third kappa shape index (κ3) is 4.58. The zero-order valence-corrected chi connectivity index (χ0v) is 14.3. The fourth-order valence-corrected chi connectivity index (χ4v) is 2.59. The molecule has 0 aliphatic heterocycles. The van der Waals surface area contributed by atoms with Crippen LogP contribution < -0.4 is 5.73 Å². The number of nitrogens with one attached hydrogen (secondary N) is 1. The summed E-state index contributed by atoms with van der Waals surface area (Å²) in [5.74, 6) is -1.47. The molecule has 1 aromatic heterocycles. The smallest absolute Gasteiger partial charge is 0.328 e. The molecule has 0 saturated heterocycles. The minimum Gasteiger partial charge on any atom is -0.478 e. The summed E-state index contributed by atoms with van der Waals surface area (Å²) < 4.78 is 0. The average molecular weight is 359 g/mol. The van der Waals surface area contributed by atoms with Crippen molar-refractivity contribution in [1.82, 2.24) is 9.97 Å². The third-order valence-corrected chi connectivity index (χ3v) is 3.88. The van der Waals surface area contributed by atoms with Crippen LogP contribution in [-0.4, -0.2) is 27.0 Å². The predicted molar refractivity (Wildman–Crippen MR) is 104 cm³/mol. The first-order valence-electron chi connectivity index (χ1n) is 8.16. The number of aromatic nitrogens is 2. The lowest BCUT2D eigenvalue weighted by Gasteiger charge is -2.05. The number of amides is 1. The zero-order valence-electron chi connectivity index (χ0n) is 14.3. The SMILES string of the molecule is NC(=O)/C=C/c1ccc(-c2nc[nH]c2-c2ccc(/C=C/C(=O)O)cc2)cc1. The highest BCUT2D eigenvalue weighted by Gasteiger charge is 2.10. The van der Waals surface area contributed by atoms with Crippen molar-refractivity contribution in [3.63, 3.8) is 0 Å². The van der Waals surface area contributed by atoms with Gasteiger partial charge < -0.3 is 15.8 Å². The maximum Gasteiger partial charge on any atom is 0.328 e. The molecular formula is C21H17N3O3. The van der Waals surface area contributed by atoms with Crippen LogP contribution in [0.3, 0.4) is 0 Å². The predicted octanol–water partition coefficient (Wildman–Crippen LogP) is 3.34. The van der Waals surface area contributed by atoms with E-state index in [9.17, 15) is 9.59 Å². The van der Waals surface area contributed by atoms with E-state index < -0.39 is 11.9 Å². The number of nitrogens with two attached hydrogens (primary N) is 1. The second-order valence-corrected chi connectivity index (χ2v) is 5.78. The van der Waals surface area contributed by atoms with Gasteiger partial charge in [0.1, 0.15) is 0 Å². The van der Waals surface area contributed by atoms with Crippen molar-refractivity contribution in [3.8, 4) is 22.5 Å². The Kier molecular flexibility index (Phi) is 5.28. The number of carbonyl (C=O) groups is 2. The first kappa shape index (κ1) is 17.9. The second-order valence-electron chi connectivity index (χ2n) is 5.78. The molecule has 3 aromatic rings. The Hall–Kier alpha value is -3.93. The molecule has 3 rings (SSSR count). The Labute approximate surface area is 155 Å². The van der Waals surface area contributed by atoms with E-state index in [1.165, 1.54) is 12.2 Å². The van der Waals surface area contributed by atoms with Crippen molar-refractivity contribution in [2.24, 2.45) is 5.73 Å². The van der Waals surface area contributed by atoms with Gasteiger partial charge in [-0.1, -0.05) is 48.5 Å². The summed E-state index contributed by atoms with van der Waals surface area (Å²) in [7, 11) is 0. The number of nitrogens with zero attached hydrogens (tertiary/aromatic N) is 1. The van der Waals surface area contributed by atoms with Crippen molar-refractivity contribution >= 4 is 24.0 Å². The summed E-state index contributed by atoms with van der Waals surface area (Å²) in [4.78, 5) is 29.0. The number of aromatic amines is 1. The molecule has 0 bridgehead atoms. The van der Waals surface area contributed by atoms with Crippen LogP contribution in [0.25, 0.3) is 34.7 Å².